The fraction of sp³-hybridized carbons (Fsp3) is 0.379. The van der Waals surface area contributed by atoms with E-state index in [0.717, 1.165) is 29.3 Å². The van der Waals surface area contributed by atoms with E-state index in [1.54, 1.807) is 36.5 Å². The Balaban J connectivity index is 1.43. The van der Waals surface area contributed by atoms with Gasteiger partial charge in [0, 0.05) is 23.7 Å². The number of carboxylic acids is 1. The molecule has 0 bridgehead atoms. The van der Waals surface area contributed by atoms with Gasteiger partial charge in [0.25, 0.3) is 5.91 Å². The standard InChI is InChI=1S/C29H33N3O4/c1-18-13-15-29(4,28(18,2)3)27(36)32-24(26(34)35)17-19-9-11-20(12-10-19)31-25(33)22-14-16-30-23-8-6-5-7-21(22)23/h5-12,14,16,18,24H,13,15,17H2,1-4H3,(H,31,33)(H,32,36)(H,34,35)/t18-,24-,29-/m0/s1. The maximum Gasteiger partial charge on any atom is 0.326 e. The van der Waals surface area contributed by atoms with Crippen molar-refractivity contribution in [3.8, 4) is 0 Å². The molecule has 1 heterocycles. The molecular weight excluding hydrogens is 454 g/mol. The van der Waals surface area contributed by atoms with Crippen LogP contribution >= 0.6 is 0 Å². The van der Waals surface area contributed by atoms with E-state index in [1.807, 2.05) is 31.2 Å². The molecule has 7 heteroatoms. The van der Waals surface area contributed by atoms with Crippen molar-refractivity contribution >= 4 is 34.4 Å². The Morgan fingerprint density at radius 3 is 2.39 bits per heavy atom. The van der Waals surface area contributed by atoms with Crippen LogP contribution in [0.15, 0.2) is 60.8 Å². The van der Waals surface area contributed by atoms with Crippen molar-refractivity contribution in [1.29, 1.82) is 0 Å². The van der Waals surface area contributed by atoms with E-state index in [0.29, 0.717) is 17.2 Å². The molecule has 2 amide bonds. The summed E-state index contributed by atoms with van der Waals surface area (Å²) in [5.74, 6) is -1.15. The molecule has 1 saturated carbocycles. The SMILES string of the molecule is C[C@H]1CC[C@@](C)(C(=O)N[C@@H](Cc2ccc(NC(=O)c3ccnc4ccccc34)cc2)C(=O)O)C1(C)C. The molecule has 3 aromatic rings. The van der Waals surface area contributed by atoms with E-state index < -0.39 is 17.4 Å². The average Bonchev–Trinajstić information content (AvgIpc) is 3.07. The zero-order chi connectivity index (χ0) is 26.1. The smallest absolute Gasteiger partial charge is 0.326 e. The summed E-state index contributed by atoms with van der Waals surface area (Å²) >= 11 is 0. The number of carbonyl (C=O) groups excluding carboxylic acids is 2. The average molecular weight is 488 g/mol. The maximum atomic E-state index is 13.2. The molecule has 3 atom stereocenters. The van der Waals surface area contributed by atoms with Gasteiger partial charge in [-0.25, -0.2) is 4.79 Å². The monoisotopic (exact) mass is 487 g/mol. The van der Waals surface area contributed by atoms with Gasteiger partial charge in [-0.1, -0.05) is 58.0 Å². The van der Waals surface area contributed by atoms with Crippen molar-refractivity contribution in [2.45, 2.75) is 53.0 Å². The van der Waals surface area contributed by atoms with Crippen molar-refractivity contribution in [3.05, 3.63) is 71.9 Å². The van der Waals surface area contributed by atoms with Crippen molar-refractivity contribution in [3.63, 3.8) is 0 Å². The van der Waals surface area contributed by atoms with Gasteiger partial charge >= 0.3 is 5.97 Å². The zero-order valence-corrected chi connectivity index (χ0v) is 21.2. The van der Waals surface area contributed by atoms with E-state index in [9.17, 15) is 19.5 Å². The predicted molar refractivity (Wildman–Crippen MR) is 140 cm³/mol. The Labute approximate surface area is 211 Å². The lowest BCUT2D eigenvalue weighted by molar-refractivity contribution is -0.145. The van der Waals surface area contributed by atoms with Crippen LogP contribution < -0.4 is 10.6 Å². The number of carboxylic acid groups (broad SMARTS) is 1. The molecule has 4 rings (SSSR count). The quantitative estimate of drug-likeness (QED) is 0.432. The zero-order valence-electron chi connectivity index (χ0n) is 21.2. The van der Waals surface area contributed by atoms with Gasteiger partial charge in [0.2, 0.25) is 5.91 Å². The minimum absolute atomic E-state index is 0.149. The first-order valence-corrected chi connectivity index (χ1v) is 12.3. The number of aliphatic carboxylic acids is 1. The number of pyridine rings is 1. The fourth-order valence-corrected chi connectivity index (χ4v) is 5.11. The Kier molecular flexibility index (Phi) is 6.85. The van der Waals surface area contributed by atoms with E-state index in [2.05, 4.69) is 36.4 Å². The Hall–Kier alpha value is -3.74. The number of amides is 2. The van der Waals surface area contributed by atoms with E-state index in [4.69, 9.17) is 0 Å². The first-order valence-electron chi connectivity index (χ1n) is 12.3. The second kappa shape index (κ2) is 9.72. The van der Waals surface area contributed by atoms with Gasteiger partial charge in [-0.05, 0) is 54.0 Å². The number of para-hydroxylation sites is 1. The summed E-state index contributed by atoms with van der Waals surface area (Å²) in [5, 5.41) is 16.3. The molecule has 3 N–H and O–H groups in total. The summed E-state index contributed by atoms with van der Waals surface area (Å²) in [6.07, 6.45) is 3.43. The third-order valence-electron chi connectivity index (χ3n) is 8.38. The number of nitrogens with zero attached hydrogens (tertiary/aromatic N) is 1. The summed E-state index contributed by atoms with van der Waals surface area (Å²) in [6, 6.07) is 15.1. The number of rotatable bonds is 7. The van der Waals surface area contributed by atoms with E-state index in [1.165, 1.54) is 0 Å². The molecule has 0 radical (unpaired) electrons. The first-order chi connectivity index (χ1) is 17.0. The molecule has 188 valence electrons. The minimum Gasteiger partial charge on any atom is -0.480 e. The molecule has 1 aliphatic rings. The normalized spacial score (nSPS) is 21.6. The van der Waals surface area contributed by atoms with Crippen LogP contribution in [0.1, 0.15) is 56.5 Å². The van der Waals surface area contributed by atoms with E-state index in [-0.39, 0.29) is 23.7 Å². The second-order valence-electron chi connectivity index (χ2n) is 10.6. The Bertz CT molecular complexity index is 1300. The minimum atomic E-state index is -1.07. The molecule has 7 nitrogen and oxygen atoms in total. The number of benzene rings is 2. The van der Waals surface area contributed by atoms with Crippen LogP contribution in [-0.4, -0.2) is 33.9 Å². The first kappa shape index (κ1) is 25.4. The summed E-state index contributed by atoms with van der Waals surface area (Å²) < 4.78 is 0. The number of fused-ring (bicyclic) bond motifs is 1. The third-order valence-corrected chi connectivity index (χ3v) is 8.38. The molecule has 2 aromatic carbocycles. The molecular formula is C29H33N3O4. The van der Waals surface area contributed by atoms with Crippen LogP contribution in [0.5, 0.6) is 0 Å². The molecule has 1 fully saturated rings. The molecule has 1 aliphatic carbocycles. The van der Waals surface area contributed by atoms with Crippen molar-refractivity contribution < 1.29 is 19.5 Å². The number of carbonyl (C=O) groups is 3. The summed E-state index contributed by atoms with van der Waals surface area (Å²) in [5.41, 5.74) is 1.77. The van der Waals surface area contributed by atoms with Crippen LogP contribution in [0.3, 0.4) is 0 Å². The van der Waals surface area contributed by atoms with Crippen molar-refractivity contribution in [2.75, 3.05) is 5.32 Å². The lowest BCUT2D eigenvalue weighted by atomic mass is 9.65. The molecule has 36 heavy (non-hydrogen) atoms. The summed E-state index contributed by atoms with van der Waals surface area (Å²) in [6.45, 7) is 8.25. The number of aromatic nitrogens is 1. The van der Waals surface area contributed by atoms with Gasteiger partial charge in [-0.2, -0.15) is 0 Å². The molecule has 1 aromatic heterocycles. The molecule has 0 aliphatic heterocycles. The third kappa shape index (κ3) is 4.70. The second-order valence-corrected chi connectivity index (χ2v) is 10.6. The van der Waals surface area contributed by atoms with Gasteiger partial charge in [-0.15, -0.1) is 0 Å². The lowest BCUT2D eigenvalue weighted by Crippen LogP contribution is -2.52. The van der Waals surface area contributed by atoms with Crippen molar-refractivity contribution in [1.82, 2.24) is 10.3 Å². The van der Waals surface area contributed by atoms with Gasteiger partial charge < -0.3 is 15.7 Å². The van der Waals surface area contributed by atoms with Gasteiger partial charge in [0.15, 0.2) is 0 Å². The van der Waals surface area contributed by atoms with Crippen molar-refractivity contribution in [2.24, 2.45) is 16.7 Å². The number of nitrogens with one attached hydrogen (secondary N) is 2. The highest BCUT2D eigenvalue weighted by Crippen LogP contribution is 2.55. The highest BCUT2D eigenvalue weighted by molar-refractivity contribution is 6.12. The van der Waals surface area contributed by atoms with Crippen LogP contribution in [0.2, 0.25) is 0 Å². The predicted octanol–water partition coefficient (Wildman–Crippen LogP) is 5.06. The number of anilines is 1. The van der Waals surface area contributed by atoms with E-state index >= 15 is 0 Å². The van der Waals surface area contributed by atoms with Crippen LogP contribution in [0.4, 0.5) is 5.69 Å². The molecule has 0 unspecified atom stereocenters. The summed E-state index contributed by atoms with van der Waals surface area (Å²) in [7, 11) is 0. The maximum absolute atomic E-state index is 13.2. The summed E-state index contributed by atoms with van der Waals surface area (Å²) in [4.78, 5) is 42.4. The van der Waals surface area contributed by atoms with Crippen LogP contribution in [0.25, 0.3) is 10.9 Å². The van der Waals surface area contributed by atoms with Crippen LogP contribution in [0, 0.1) is 16.7 Å². The molecule has 0 spiro atoms. The topological polar surface area (TPSA) is 108 Å². The lowest BCUT2D eigenvalue weighted by Gasteiger charge is -2.40. The fourth-order valence-electron chi connectivity index (χ4n) is 5.11. The highest BCUT2D eigenvalue weighted by Gasteiger charge is 2.54. The number of hydrogen-bond donors (Lipinski definition) is 3. The van der Waals surface area contributed by atoms with Gasteiger partial charge in [-0.3, -0.25) is 14.6 Å². The Morgan fingerprint density at radius 1 is 1.06 bits per heavy atom. The molecule has 0 saturated heterocycles. The highest BCUT2D eigenvalue weighted by atomic mass is 16.4. The van der Waals surface area contributed by atoms with Gasteiger partial charge in [0.1, 0.15) is 6.04 Å². The Morgan fingerprint density at radius 2 is 1.75 bits per heavy atom. The van der Waals surface area contributed by atoms with Gasteiger partial charge in [0.05, 0.1) is 16.5 Å². The largest absolute Gasteiger partial charge is 0.480 e. The van der Waals surface area contributed by atoms with Crippen LogP contribution in [-0.2, 0) is 16.0 Å². The number of hydrogen-bond acceptors (Lipinski definition) is 4.